The first kappa shape index (κ1) is 14.6. The molecule has 0 bridgehead atoms. The second-order valence-corrected chi connectivity index (χ2v) is 5.63. The number of likely N-dealkylation sites (tertiary alicyclic amines) is 1. The standard InChI is InChI=1S/C17H20N2O3/c1-11-16(12(2)22-18-11)17(20)19-10-4-5-15(19)13-6-8-14(21-3)9-7-13/h6-9,15H,4-5,10H2,1-3H3/t15-/m0/s1. The van der Waals surface area contributed by atoms with Crippen LogP contribution in [-0.4, -0.2) is 29.6 Å². The number of carbonyl (C=O) groups is 1. The summed E-state index contributed by atoms with van der Waals surface area (Å²) >= 11 is 0. The Bertz CT molecular complexity index is 656. The second-order valence-electron chi connectivity index (χ2n) is 5.63. The lowest BCUT2D eigenvalue weighted by Gasteiger charge is -2.25. The van der Waals surface area contributed by atoms with Crippen LogP contribution in [0.15, 0.2) is 28.8 Å². The molecule has 1 aromatic heterocycles. The van der Waals surface area contributed by atoms with Crippen molar-refractivity contribution in [3.05, 3.63) is 46.8 Å². The topological polar surface area (TPSA) is 55.6 Å². The van der Waals surface area contributed by atoms with Crippen molar-refractivity contribution in [1.29, 1.82) is 0 Å². The fourth-order valence-electron chi connectivity index (χ4n) is 3.11. The second kappa shape index (κ2) is 5.83. The summed E-state index contributed by atoms with van der Waals surface area (Å²) in [5.41, 5.74) is 2.39. The van der Waals surface area contributed by atoms with Crippen LogP contribution in [0, 0.1) is 13.8 Å². The van der Waals surface area contributed by atoms with Crippen molar-refractivity contribution in [3.63, 3.8) is 0 Å². The quantitative estimate of drug-likeness (QED) is 0.873. The average molecular weight is 300 g/mol. The van der Waals surface area contributed by atoms with Gasteiger partial charge in [0.2, 0.25) is 0 Å². The summed E-state index contributed by atoms with van der Waals surface area (Å²) in [4.78, 5) is 14.8. The Kier molecular flexibility index (Phi) is 3.88. The van der Waals surface area contributed by atoms with Crippen LogP contribution in [-0.2, 0) is 0 Å². The number of methoxy groups -OCH3 is 1. The van der Waals surface area contributed by atoms with E-state index in [0.717, 1.165) is 30.7 Å². The van der Waals surface area contributed by atoms with Crippen LogP contribution in [0.25, 0.3) is 0 Å². The number of ether oxygens (including phenoxy) is 1. The summed E-state index contributed by atoms with van der Waals surface area (Å²) in [5, 5.41) is 3.89. The monoisotopic (exact) mass is 300 g/mol. The molecule has 1 saturated heterocycles. The maximum absolute atomic E-state index is 12.9. The van der Waals surface area contributed by atoms with Gasteiger partial charge in [-0.15, -0.1) is 0 Å². The molecule has 22 heavy (non-hydrogen) atoms. The minimum Gasteiger partial charge on any atom is -0.497 e. The zero-order valence-electron chi connectivity index (χ0n) is 13.1. The summed E-state index contributed by atoms with van der Waals surface area (Å²) in [7, 11) is 1.65. The number of amides is 1. The number of nitrogens with zero attached hydrogens (tertiary/aromatic N) is 2. The van der Waals surface area contributed by atoms with Crippen molar-refractivity contribution in [2.24, 2.45) is 0 Å². The van der Waals surface area contributed by atoms with Gasteiger partial charge < -0.3 is 14.2 Å². The molecule has 3 rings (SSSR count). The molecule has 1 amide bonds. The molecule has 116 valence electrons. The van der Waals surface area contributed by atoms with Gasteiger partial charge in [-0.3, -0.25) is 4.79 Å². The van der Waals surface area contributed by atoms with E-state index in [2.05, 4.69) is 5.16 Å². The van der Waals surface area contributed by atoms with Crippen molar-refractivity contribution >= 4 is 5.91 Å². The number of aromatic nitrogens is 1. The highest BCUT2D eigenvalue weighted by Crippen LogP contribution is 2.34. The van der Waals surface area contributed by atoms with Gasteiger partial charge in [-0.05, 0) is 44.4 Å². The van der Waals surface area contributed by atoms with Crippen LogP contribution < -0.4 is 4.74 Å². The minimum absolute atomic E-state index is 0.00886. The van der Waals surface area contributed by atoms with Crippen molar-refractivity contribution < 1.29 is 14.1 Å². The Labute approximate surface area is 129 Å². The van der Waals surface area contributed by atoms with Crippen molar-refractivity contribution in [1.82, 2.24) is 10.1 Å². The Morgan fingerprint density at radius 2 is 2.05 bits per heavy atom. The third-order valence-electron chi connectivity index (χ3n) is 4.26. The van der Waals surface area contributed by atoms with Gasteiger partial charge in [0.15, 0.2) is 0 Å². The Hall–Kier alpha value is -2.30. The van der Waals surface area contributed by atoms with E-state index in [-0.39, 0.29) is 11.9 Å². The van der Waals surface area contributed by atoms with Crippen LogP contribution in [0.4, 0.5) is 0 Å². The van der Waals surface area contributed by atoms with Gasteiger partial charge in [0.1, 0.15) is 17.1 Å². The smallest absolute Gasteiger partial charge is 0.259 e. The Morgan fingerprint density at radius 1 is 1.32 bits per heavy atom. The lowest BCUT2D eigenvalue weighted by Crippen LogP contribution is -2.31. The molecule has 0 N–H and O–H groups in total. The molecule has 0 radical (unpaired) electrons. The Morgan fingerprint density at radius 3 is 2.64 bits per heavy atom. The van der Waals surface area contributed by atoms with E-state index < -0.39 is 0 Å². The summed E-state index contributed by atoms with van der Waals surface area (Å²) < 4.78 is 10.3. The predicted molar refractivity (Wildman–Crippen MR) is 82.0 cm³/mol. The molecule has 1 aromatic carbocycles. The van der Waals surface area contributed by atoms with Gasteiger partial charge in [-0.1, -0.05) is 17.3 Å². The number of aryl methyl sites for hydroxylation is 2. The summed E-state index contributed by atoms with van der Waals surface area (Å²) in [5.74, 6) is 1.42. The highest BCUT2D eigenvalue weighted by atomic mass is 16.5. The fourth-order valence-corrected chi connectivity index (χ4v) is 3.11. The van der Waals surface area contributed by atoms with Gasteiger partial charge in [-0.25, -0.2) is 0 Å². The van der Waals surface area contributed by atoms with Gasteiger partial charge in [0.05, 0.1) is 18.8 Å². The van der Waals surface area contributed by atoms with Crippen LogP contribution in [0.1, 0.15) is 46.3 Å². The van der Waals surface area contributed by atoms with Crippen molar-refractivity contribution in [3.8, 4) is 5.75 Å². The largest absolute Gasteiger partial charge is 0.497 e. The number of rotatable bonds is 3. The zero-order valence-corrected chi connectivity index (χ0v) is 13.1. The van der Waals surface area contributed by atoms with E-state index in [1.807, 2.05) is 36.1 Å². The van der Waals surface area contributed by atoms with Crippen molar-refractivity contribution in [2.45, 2.75) is 32.7 Å². The predicted octanol–water partition coefficient (Wildman–Crippen LogP) is 3.28. The first-order valence-corrected chi connectivity index (χ1v) is 7.49. The molecule has 0 spiro atoms. The molecule has 1 aliphatic heterocycles. The number of hydrogen-bond donors (Lipinski definition) is 0. The molecule has 2 aromatic rings. The first-order chi connectivity index (χ1) is 10.6. The van der Waals surface area contributed by atoms with E-state index in [4.69, 9.17) is 9.26 Å². The number of benzene rings is 1. The van der Waals surface area contributed by atoms with Crippen LogP contribution >= 0.6 is 0 Å². The summed E-state index contributed by atoms with van der Waals surface area (Å²) in [6, 6.07) is 8.04. The van der Waals surface area contributed by atoms with Crippen LogP contribution in [0.5, 0.6) is 5.75 Å². The molecular formula is C17H20N2O3. The number of hydrogen-bond acceptors (Lipinski definition) is 4. The normalized spacial score (nSPS) is 17.8. The lowest BCUT2D eigenvalue weighted by molar-refractivity contribution is 0.0733. The third kappa shape index (κ3) is 2.47. The molecule has 2 heterocycles. The molecule has 0 aliphatic carbocycles. The SMILES string of the molecule is COc1ccc([C@@H]2CCCN2C(=O)c2c(C)noc2C)cc1. The van der Waals surface area contributed by atoms with Gasteiger partial charge in [-0.2, -0.15) is 0 Å². The maximum atomic E-state index is 12.9. The van der Waals surface area contributed by atoms with E-state index in [0.29, 0.717) is 17.0 Å². The van der Waals surface area contributed by atoms with Crippen LogP contribution in [0.3, 0.4) is 0 Å². The van der Waals surface area contributed by atoms with E-state index >= 15 is 0 Å². The lowest BCUT2D eigenvalue weighted by atomic mass is 10.0. The highest BCUT2D eigenvalue weighted by molar-refractivity contribution is 5.96. The summed E-state index contributed by atoms with van der Waals surface area (Å²) in [6.45, 7) is 4.35. The zero-order chi connectivity index (χ0) is 15.7. The molecular weight excluding hydrogens is 280 g/mol. The van der Waals surface area contributed by atoms with E-state index in [1.165, 1.54) is 0 Å². The van der Waals surface area contributed by atoms with Gasteiger partial charge in [0.25, 0.3) is 5.91 Å². The summed E-state index contributed by atoms with van der Waals surface area (Å²) in [6.07, 6.45) is 1.98. The molecule has 1 aliphatic rings. The molecule has 1 fully saturated rings. The fraction of sp³-hybridized carbons (Fsp3) is 0.412. The maximum Gasteiger partial charge on any atom is 0.259 e. The highest BCUT2D eigenvalue weighted by Gasteiger charge is 2.33. The average Bonchev–Trinajstić information content (AvgIpc) is 3.14. The molecule has 1 atom stereocenters. The third-order valence-corrected chi connectivity index (χ3v) is 4.26. The molecule has 5 heteroatoms. The van der Waals surface area contributed by atoms with Gasteiger partial charge >= 0.3 is 0 Å². The molecule has 0 saturated carbocycles. The molecule has 5 nitrogen and oxygen atoms in total. The Balaban J connectivity index is 1.88. The van der Waals surface area contributed by atoms with E-state index in [1.54, 1.807) is 14.0 Å². The van der Waals surface area contributed by atoms with Crippen LogP contribution in [0.2, 0.25) is 0 Å². The number of carbonyl (C=O) groups excluding carboxylic acids is 1. The van der Waals surface area contributed by atoms with Gasteiger partial charge in [0, 0.05) is 6.54 Å². The van der Waals surface area contributed by atoms with Crippen molar-refractivity contribution in [2.75, 3.05) is 13.7 Å². The minimum atomic E-state index is 0.00886. The molecule has 0 unspecified atom stereocenters. The van der Waals surface area contributed by atoms with E-state index in [9.17, 15) is 4.79 Å². The first-order valence-electron chi connectivity index (χ1n) is 7.49.